The molecule has 0 fully saturated rings. The molecule has 0 unspecified atom stereocenters. The second-order valence-corrected chi connectivity index (χ2v) is 2.02. The summed E-state index contributed by atoms with van der Waals surface area (Å²) in [6.07, 6.45) is 1.72. The van der Waals surface area contributed by atoms with Crippen molar-refractivity contribution in [2.75, 3.05) is 11.9 Å². The van der Waals surface area contributed by atoms with Gasteiger partial charge in [-0.3, -0.25) is 4.79 Å². The summed E-state index contributed by atoms with van der Waals surface area (Å²) in [5.41, 5.74) is 0.805. The zero-order chi connectivity index (χ0) is 8.81. The minimum Gasteiger partial charge on any atom is -0.508 e. The zero-order valence-electron chi connectivity index (χ0n) is 6.83. The van der Waals surface area contributed by atoms with Gasteiger partial charge in [0.2, 0.25) is 6.29 Å². The Morgan fingerprint density at radius 3 is 2.82 bits per heavy atom. The number of benzene rings is 1. The lowest BCUT2D eigenvalue weighted by Crippen LogP contribution is -2.00. The van der Waals surface area contributed by atoms with Crippen molar-refractivity contribution in [1.82, 2.24) is 0 Å². The highest BCUT2D eigenvalue weighted by Gasteiger charge is 1.89. The van der Waals surface area contributed by atoms with Gasteiger partial charge in [-0.25, -0.2) is 0 Å². The molecule has 0 aliphatic rings. The van der Waals surface area contributed by atoms with Gasteiger partial charge in [0.25, 0.3) is 1.43 Å². The maximum atomic E-state index is 9.86. The van der Waals surface area contributed by atoms with E-state index in [2.05, 4.69) is 10.4 Å². The Kier molecular flexibility index (Phi) is 2.04. The van der Waals surface area contributed by atoms with Gasteiger partial charge in [0.1, 0.15) is 5.75 Å². The second-order valence-electron chi connectivity index (χ2n) is 2.02. The normalized spacial score (nSPS) is 10.0. The Morgan fingerprint density at radius 1 is 1.55 bits per heavy atom. The van der Waals surface area contributed by atoms with Crippen LogP contribution in [-0.2, 0) is 4.79 Å². The van der Waals surface area contributed by atoms with Gasteiger partial charge < -0.3 is 10.4 Å². The molecule has 3 nitrogen and oxygen atoms in total. The van der Waals surface area contributed by atoms with Gasteiger partial charge in [-0.1, -0.05) is 0 Å². The molecule has 57 valence electrons. The average Bonchev–Trinajstić information content (AvgIpc) is 2.15. The Bertz CT molecular complexity index is 248. The molecule has 0 amide bonds. The molecule has 0 spiro atoms. The molecule has 0 bridgehead atoms. The number of phenols is 1. The van der Waals surface area contributed by atoms with Crippen LogP contribution in [0.5, 0.6) is 5.75 Å². The van der Waals surface area contributed by atoms with E-state index in [4.69, 9.17) is 1.43 Å². The monoisotopic (exact) mass is 151 g/mol. The second kappa shape index (κ2) is 3.61. The van der Waals surface area contributed by atoms with Crippen LogP contribution in [0.25, 0.3) is 0 Å². The Morgan fingerprint density at radius 2 is 2.27 bits per heavy atom. The first-order chi connectivity index (χ1) is 5.86. The fraction of sp³-hybridized carbons (Fsp3) is 0.125. The first-order valence-corrected chi connectivity index (χ1v) is 3.19. The number of hydrogen-bond acceptors (Lipinski definition) is 3. The first-order valence-electron chi connectivity index (χ1n) is 3.59. The highest BCUT2D eigenvalue weighted by molar-refractivity contribution is 5.60. The van der Waals surface area contributed by atoms with Crippen LogP contribution in [0.15, 0.2) is 24.3 Å². The average molecular weight is 151 g/mol. The van der Waals surface area contributed by atoms with Crippen LogP contribution >= 0.6 is 0 Å². The van der Waals surface area contributed by atoms with Gasteiger partial charge in [-0.2, -0.15) is 0 Å². The van der Waals surface area contributed by atoms with Crippen molar-refractivity contribution >= 4 is 12.0 Å². The summed E-state index contributed by atoms with van der Waals surface area (Å²) in [5, 5.41) is 7.02. The first kappa shape index (κ1) is 6.22. The summed E-state index contributed by atoms with van der Waals surface area (Å²) in [6, 6.07) is 6.72. The van der Waals surface area contributed by atoms with Crippen LogP contribution in [0.4, 0.5) is 5.69 Å². The molecule has 2 N–H and O–H groups in total. The van der Waals surface area contributed by atoms with E-state index >= 15 is 0 Å². The number of carbonyl (C=O) groups excluding carboxylic acids is 1. The van der Waals surface area contributed by atoms with Crippen molar-refractivity contribution in [3.8, 4) is 5.75 Å². The summed E-state index contributed by atoms with van der Waals surface area (Å²) in [4.78, 5) is 9.86. The fourth-order valence-electron chi connectivity index (χ4n) is 0.711. The van der Waals surface area contributed by atoms with E-state index in [9.17, 15) is 4.79 Å². The number of anilines is 1. The number of hydrogen-bond donors (Lipinski definition) is 2. The summed E-state index contributed by atoms with van der Waals surface area (Å²) in [7, 11) is 0. The molecule has 0 aromatic heterocycles. The van der Waals surface area contributed by atoms with Crippen LogP contribution < -0.4 is 5.32 Å². The number of phenolic OH excluding ortho intramolecular Hbond substituents is 1. The smallest absolute Gasteiger partial charge is 0.293 e. The predicted octanol–water partition coefficient (Wildman–Crippen LogP) is 0.914. The molecule has 3 heteroatoms. The quantitative estimate of drug-likeness (QED) is 0.629. The molecule has 1 aromatic rings. The zero-order valence-corrected chi connectivity index (χ0v) is 5.83. The van der Waals surface area contributed by atoms with Gasteiger partial charge in [-0.15, -0.1) is 0 Å². The highest BCUT2D eigenvalue weighted by atomic mass is 16.3. The summed E-state index contributed by atoms with van der Waals surface area (Å²) >= 11 is 0. The Balaban J connectivity index is 2.58. The highest BCUT2D eigenvalue weighted by Crippen LogP contribution is 2.12. The van der Waals surface area contributed by atoms with E-state index in [0.29, 0.717) is 5.75 Å². The molecular weight excluding hydrogens is 142 g/mol. The Hall–Kier alpha value is -1.51. The topological polar surface area (TPSA) is 49.3 Å². The standard InChI is InChI=1S/C8H8NO2/c10-6-5-9-7-1-3-8(11)4-2-7/h1-4,9,11H,5H2/i/hD. The minimum atomic E-state index is 0.168. The van der Waals surface area contributed by atoms with E-state index < -0.39 is 0 Å². The summed E-state index contributed by atoms with van der Waals surface area (Å²) in [6.45, 7) is 0.168. The molecule has 1 aromatic carbocycles. The molecule has 0 heterocycles. The number of nitrogens with one attached hydrogen (secondary N) is 1. The van der Waals surface area contributed by atoms with Gasteiger partial charge in [0.15, 0.2) is 0 Å². The lowest BCUT2D eigenvalue weighted by atomic mass is 10.3. The van der Waals surface area contributed by atoms with Crippen LogP contribution in [0, 0.1) is 0 Å². The van der Waals surface area contributed by atoms with Crippen LogP contribution in [0.1, 0.15) is 0 Å². The molecule has 0 atom stereocenters. The third-order valence-corrected chi connectivity index (χ3v) is 1.22. The minimum absolute atomic E-state index is 0.168. The molecule has 0 saturated carbocycles. The van der Waals surface area contributed by atoms with E-state index in [-0.39, 0.29) is 6.54 Å². The van der Waals surface area contributed by atoms with E-state index in [1.807, 2.05) is 0 Å². The summed E-state index contributed by atoms with van der Waals surface area (Å²) in [5.74, 6) is 0.468. The molecule has 1 rings (SSSR count). The van der Waals surface area contributed by atoms with Crippen molar-refractivity contribution in [3.63, 3.8) is 0 Å². The number of rotatable bonds is 4. The SMILES string of the molecule is [2H]Oc1ccc(NC[C]=O)cc1. The maximum Gasteiger partial charge on any atom is 0.293 e. The summed E-state index contributed by atoms with van der Waals surface area (Å²) < 4.78 is 6.57. The molecule has 0 aliphatic carbocycles. The van der Waals surface area contributed by atoms with Crippen LogP contribution in [-0.4, -0.2) is 19.4 Å². The van der Waals surface area contributed by atoms with E-state index in [0.717, 1.165) is 5.69 Å². The molecule has 0 saturated heterocycles. The molecule has 11 heavy (non-hydrogen) atoms. The van der Waals surface area contributed by atoms with Gasteiger partial charge in [-0.05, 0) is 24.3 Å². The van der Waals surface area contributed by atoms with Gasteiger partial charge in [0, 0.05) is 5.69 Å². The third kappa shape index (κ3) is 2.29. The van der Waals surface area contributed by atoms with Crippen LogP contribution in [0.2, 0.25) is 0 Å². The molecule has 0 aliphatic heterocycles. The maximum absolute atomic E-state index is 9.86. The molecule has 1 radical (unpaired) electrons. The predicted molar refractivity (Wildman–Crippen MR) is 42.3 cm³/mol. The fourth-order valence-corrected chi connectivity index (χ4v) is 0.711. The van der Waals surface area contributed by atoms with Crippen molar-refractivity contribution in [3.05, 3.63) is 24.3 Å². The van der Waals surface area contributed by atoms with E-state index in [1.54, 1.807) is 30.6 Å². The van der Waals surface area contributed by atoms with Gasteiger partial charge >= 0.3 is 0 Å². The van der Waals surface area contributed by atoms with Crippen molar-refractivity contribution in [2.24, 2.45) is 0 Å². The van der Waals surface area contributed by atoms with Crippen molar-refractivity contribution < 1.29 is 9.90 Å². The lowest BCUT2D eigenvalue weighted by molar-refractivity contribution is 0.475. The Labute approximate surface area is 66.2 Å². The van der Waals surface area contributed by atoms with Crippen molar-refractivity contribution in [1.29, 1.82) is 1.43 Å². The van der Waals surface area contributed by atoms with E-state index in [1.165, 1.54) is 0 Å². The van der Waals surface area contributed by atoms with Crippen molar-refractivity contribution in [2.45, 2.75) is 0 Å². The molecular formula is C8H8NO2. The van der Waals surface area contributed by atoms with Crippen LogP contribution in [0.3, 0.4) is 0 Å². The third-order valence-electron chi connectivity index (χ3n) is 1.22. The largest absolute Gasteiger partial charge is 0.508 e. The lowest BCUT2D eigenvalue weighted by Gasteiger charge is -1.99. The van der Waals surface area contributed by atoms with Gasteiger partial charge in [0.05, 0.1) is 6.54 Å². The number of aromatic hydroxyl groups is 1.